The number of aromatic hydroxyl groups is 1. The van der Waals surface area contributed by atoms with E-state index >= 15 is 0 Å². The molecule has 1 N–H and O–H groups in total. The van der Waals surface area contributed by atoms with Crippen molar-refractivity contribution in [3.05, 3.63) is 193 Å². The van der Waals surface area contributed by atoms with Crippen molar-refractivity contribution < 1.29 is 6.48 Å². The average Bonchev–Trinajstić information content (AvgIpc) is 3.68. The second kappa shape index (κ2) is 16.3. The largest absolute Gasteiger partial charge is 0.507 e. The van der Waals surface area contributed by atoms with Crippen LogP contribution >= 0.6 is 0 Å². The van der Waals surface area contributed by atoms with Crippen LogP contribution in [0.15, 0.2) is 176 Å². The number of para-hydroxylation sites is 2. The SMILES string of the molecule is [2H]C(C)(C)c1ccc(-c2ccnc(-c3cc(-c4cccc5c4nc(-c4ccccc4O)n5-c4cc(-c5ccccc5)c(C(C)(C)C)cc4-c4ccccc4)cc(C(C)(C)C)c3)c2)cc1. The van der Waals surface area contributed by atoms with Crippen molar-refractivity contribution in [1.29, 1.82) is 0 Å². The lowest BCUT2D eigenvalue weighted by Crippen LogP contribution is -2.14. The van der Waals surface area contributed by atoms with Gasteiger partial charge in [0, 0.05) is 24.3 Å². The maximum atomic E-state index is 11.6. The first-order valence-electron chi connectivity index (χ1n) is 22.4. The standard InChI is InChI=1S/C59H55N3O/c1-38(2)39-26-28-40(29-27-39)43-30-31-60-52(35-43)45-32-44(33-46(34-45)58(3,4)5)47-23-17-24-53-56(47)61-57(48-22-15-16-25-55(48)63)62(53)54-37-49(41-18-11-9-12-19-41)51(59(6,7)8)36-50(54)42-20-13-10-14-21-42/h9-38,63H,1-8H3/i38D. The number of nitrogens with zero attached hydrogens (tertiary/aromatic N) is 3. The number of rotatable bonds is 8. The number of fused-ring (bicyclic) bond motifs is 1. The summed E-state index contributed by atoms with van der Waals surface area (Å²) in [4.78, 5) is 10.5. The van der Waals surface area contributed by atoms with Gasteiger partial charge in [-0.25, -0.2) is 4.98 Å². The number of pyridine rings is 1. The lowest BCUT2D eigenvalue weighted by Gasteiger charge is -2.27. The summed E-state index contributed by atoms with van der Waals surface area (Å²) >= 11 is 0. The van der Waals surface area contributed by atoms with E-state index in [0.29, 0.717) is 11.4 Å². The molecule has 0 unspecified atom stereocenters. The lowest BCUT2D eigenvalue weighted by atomic mass is 9.79. The van der Waals surface area contributed by atoms with Crippen molar-refractivity contribution in [3.63, 3.8) is 0 Å². The monoisotopic (exact) mass is 822 g/mol. The fraction of sp³-hybridized carbons (Fsp3) is 0.186. The first-order chi connectivity index (χ1) is 30.5. The van der Waals surface area contributed by atoms with Gasteiger partial charge in [0.2, 0.25) is 0 Å². The summed E-state index contributed by atoms with van der Waals surface area (Å²) < 4.78 is 10.8. The normalized spacial score (nSPS) is 12.4. The highest BCUT2D eigenvalue weighted by Crippen LogP contribution is 2.45. The summed E-state index contributed by atoms with van der Waals surface area (Å²) in [6.07, 6.45) is 1.89. The molecule has 2 heterocycles. The molecule has 2 aromatic heterocycles. The third-order valence-electron chi connectivity index (χ3n) is 12.1. The minimum atomic E-state index is -0.668. The predicted molar refractivity (Wildman–Crippen MR) is 265 cm³/mol. The minimum Gasteiger partial charge on any atom is -0.507 e. The average molecular weight is 823 g/mol. The van der Waals surface area contributed by atoms with Crippen molar-refractivity contribution in [3.8, 4) is 78.6 Å². The van der Waals surface area contributed by atoms with Crippen LogP contribution in [0, 0.1) is 0 Å². The quantitative estimate of drug-likeness (QED) is 0.166. The Hall–Kier alpha value is -7.04. The number of hydrogen-bond donors (Lipinski definition) is 1. The van der Waals surface area contributed by atoms with Gasteiger partial charge in [0.25, 0.3) is 0 Å². The fourth-order valence-electron chi connectivity index (χ4n) is 8.65. The van der Waals surface area contributed by atoms with Gasteiger partial charge in [0.1, 0.15) is 11.6 Å². The third kappa shape index (κ3) is 8.10. The number of hydrogen-bond acceptors (Lipinski definition) is 3. The van der Waals surface area contributed by atoms with Gasteiger partial charge in [0.05, 0.1) is 28.0 Å². The molecule has 312 valence electrons. The highest BCUT2D eigenvalue weighted by atomic mass is 16.3. The number of phenols is 1. The van der Waals surface area contributed by atoms with Crippen molar-refractivity contribution >= 4 is 11.0 Å². The van der Waals surface area contributed by atoms with Crippen molar-refractivity contribution in [1.82, 2.24) is 14.5 Å². The van der Waals surface area contributed by atoms with Crippen LogP contribution < -0.4 is 0 Å². The first-order valence-corrected chi connectivity index (χ1v) is 21.9. The zero-order valence-electron chi connectivity index (χ0n) is 38.5. The number of phenolic OH excluding ortho intramolecular Hbond substituents is 1. The molecule has 0 aliphatic heterocycles. The molecule has 4 heteroatoms. The first kappa shape index (κ1) is 40.1. The molecule has 9 aromatic rings. The highest BCUT2D eigenvalue weighted by Gasteiger charge is 2.27. The van der Waals surface area contributed by atoms with Crippen LogP contribution in [0.1, 0.15) is 79.3 Å². The summed E-state index contributed by atoms with van der Waals surface area (Å²) in [5.41, 5.74) is 17.0. The number of imidazole rings is 1. The molecular formula is C59H55N3O. The molecule has 4 nitrogen and oxygen atoms in total. The van der Waals surface area contributed by atoms with Gasteiger partial charge in [0.15, 0.2) is 0 Å². The van der Waals surface area contributed by atoms with E-state index in [-0.39, 0.29) is 16.6 Å². The maximum absolute atomic E-state index is 11.6. The molecule has 0 saturated carbocycles. The molecule has 0 radical (unpaired) electrons. The van der Waals surface area contributed by atoms with Gasteiger partial charge in [-0.15, -0.1) is 0 Å². The van der Waals surface area contributed by atoms with Crippen LogP contribution in [0.25, 0.3) is 83.9 Å². The Balaban J connectivity index is 1.31. The Kier molecular flexibility index (Phi) is 10.4. The molecule has 0 bridgehead atoms. The summed E-state index contributed by atoms with van der Waals surface area (Å²) in [6, 6.07) is 59.2. The zero-order valence-corrected chi connectivity index (χ0v) is 37.5. The highest BCUT2D eigenvalue weighted by molar-refractivity contribution is 5.98. The summed E-state index contributed by atoms with van der Waals surface area (Å²) in [7, 11) is 0. The van der Waals surface area contributed by atoms with Crippen LogP contribution in [0.2, 0.25) is 0 Å². The molecule has 0 atom stereocenters. The number of benzene rings is 7. The zero-order chi connectivity index (χ0) is 45.0. The Morgan fingerprint density at radius 3 is 1.81 bits per heavy atom. The van der Waals surface area contributed by atoms with Gasteiger partial charge in [-0.1, -0.05) is 171 Å². The smallest absolute Gasteiger partial charge is 0.149 e. The molecule has 0 spiro atoms. The molecule has 0 aliphatic carbocycles. The van der Waals surface area contributed by atoms with Crippen LogP contribution in [-0.4, -0.2) is 19.6 Å². The molecule has 63 heavy (non-hydrogen) atoms. The molecule has 0 fully saturated rings. The fourth-order valence-corrected chi connectivity index (χ4v) is 8.65. The minimum absolute atomic E-state index is 0.161. The van der Waals surface area contributed by atoms with Crippen LogP contribution in [0.4, 0.5) is 0 Å². The lowest BCUT2D eigenvalue weighted by molar-refractivity contribution is 0.477. The molecule has 0 amide bonds. The van der Waals surface area contributed by atoms with Gasteiger partial charge in [-0.3, -0.25) is 9.55 Å². The van der Waals surface area contributed by atoms with Gasteiger partial charge >= 0.3 is 0 Å². The van der Waals surface area contributed by atoms with E-state index in [1.54, 1.807) is 6.07 Å². The van der Waals surface area contributed by atoms with Crippen molar-refractivity contribution in [2.45, 2.75) is 72.1 Å². The van der Waals surface area contributed by atoms with E-state index in [1.807, 2.05) is 56.4 Å². The van der Waals surface area contributed by atoms with E-state index in [4.69, 9.17) is 11.3 Å². The van der Waals surface area contributed by atoms with Crippen LogP contribution in [0.5, 0.6) is 5.75 Å². The Labute approximate surface area is 374 Å². The van der Waals surface area contributed by atoms with Gasteiger partial charge in [-0.2, -0.15) is 0 Å². The summed E-state index contributed by atoms with van der Waals surface area (Å²) in [5.74, 6) is 0.151. The molecule has 9 rings (SSSR count). The second-order valence-electron chi connectivity index (χ2n) is 18.9. The Morgan fingerprint density at radius 2 is 1.16 bits per heavy atom. The van der Waals surface area contributed by atoms with Crippen molar-refractivity contribution in [2.24, 2.45) is 0 Å². The second-order valence-corrected chi connectivity index (χ2v) is 18.9. The van der Waals surface area contributed by atoms with E-state index in [0.717, 1.165) is 78.0 Å². The molecule has 0 saturated heterocycles. The van der Waals surface area contributed by atoms with E-state index < -0.39 is 5.89 Å². The van der Waals surface area contributed by atoms with E-state index in [2.05, 4.69) is 174 Å². The predicted octanol–water partition coefficient (Wildman–Crippen LogP) is 15.8. The molecule has 7 aromatic carbocycles. The summed E-state index contributed by atoms with van der Waals surface area (Å²) in [5, 5.41) is 11.6. The Morgan fingerprint density at radius 1 is 0.524 bits per heavy atom. The van der Waals surface area contributed by atoms with Gasteiger partial charge < -0.3 is 5.11 Å². The van der Waals surface area contributed by atoms with E-state index in [1.165, 1.54) is 11.1 Å². The van der Waals surface area contributed by atoms with Crippen LogP contribution in [0.3, 0.4) is 0 Å². The Bertz CT molecular complexity index is 3150. The third-order valence-corrected chi connectivity index (χ3v) is 12.1. The molecular weight excluding hydrogens is 767 g/mol. The summed E-state index contributed by atoms with van der Waals surface area (Å²) in [6.45, 7) is 17.4. The molecule has 0 aliphatic rings. The van der Waals surface area contributed by atoms with E-state index in [9.17, 15) is 5.11 Å². The number of aromatic nitrogens is 3. The van der Waals surface area contributed by atoms with Crippen molar-refractivity contribution in [2.75, 3.05) is 0 Å². The maximum Gasteiger partial charge on any atom is 0.149 e. The van der Waals surface area contributed by atoms with Gasteiger partial charge in [-0.05, 0) is 121 Å². The topological polar surface area (TPSA) is 50.9 Å². The van der Waals surface area contributed by atoms with Crippen LogP contribution in [-0.2, 0) is 10.8 Å².